The second-order valence-electron chi connectivity index (χ2n) is 8.56. The fraction of sp³-hybridized carbons (Fsp3) is 0.179. The minimum atomic E-state index is -1.67. The molecule has 0 aromatic heterocycles. The molecule has 0 spiro atoms. The van der Waals surface area contributed by atoms with Gasteiger partial charge < -0.3 is 4.90 Å². The molecule has 3 atom stereocenters. The number of ketones is 1. The van der Waals surface area contributed by atoms with E-state index in [1.54, 1.807) is 41.4 Å². The maximum absolute atomic E-state index is 15.2. The van der Waals surface area contributed by atoms with Crippen LogP contribution in [0.1, 0.15) is 44.6 Å². The Morgan fingerprint density at radius 1 is 0.939 bits per heavy atom. The van der Waals surface area contributed by atoms with Crippen LogP contribution in [0.15, 0.2) is 79.0 Å². The zero-order chi connectivity index (χ0) is 23.2. The van der Waals surface area contributed by atoms with E-state index in [1.165, 1.54) is 6.07 Å². The molecule has 2 aliphatic rings. The maximum atomic E-state index is 15.2. The number of carbonyl (C=O) groups excluding carboxylic acids is 1. The molecule has 2 aliphatic heterocycles. The van der Waals surface area contributed by atoms with E-state index in [2.05, 4.69) is 12.1 Å². The van der Waals surface area contributed by atoms with Crippen molar-refractivity contribution in [3.8, 4) is 12.1 Å². The Hall–Kier alpha value is -4.22. The predicted octanol–water partition coefficient (Wildman–Crippen LogP) is 5.54. The smallest absolute Gasteiger partial charge is 0.185 e. The molecule has 0 radical (unpaired) electrons. The van der Waals surface area contributed by atoms with E-state index in [4.69, 9.17) is 0 Å². The van der Waals surface area contributed by atoms with Gasteiger partial charge in [0, 0.05) is 17.7 Å². The maximum Gasteiger partial charge on any atom is 0.185 e. The minimum absolute atomic E-state index is 0.200. The molecule has 1 fully saturated rings. The topological polar surface area (TPSA) is 67.9 Å². The third-order valence-electron chi connectivity index (χ3n) is 6.79. The van der Waals surface area contributed by atoms with Crippen LogP contribution in [0.5, 0.6) is 0 Å². The molecular formula is C28H20FN3O. The number of fused-ring (bicyclic) bond motifs is 3. The van der Waals surface area contributed by atoms with Crippen molar-refractivity contribution in [2.45, 2.75) is 24.9 Å². The molecule has 33 heavy (non-hydrogen) atoms. The Morgan fingerprint density at radius 3 is 2.24 bits per heavy atom. The lowest BCUT2D eigenvalue weighted by molar-refractivity contribution is 0.0874. The van der Waals surface area contributed by atoms with E-state index >= 15 is 4.39 Å². The predicted molar refractivity (Wildman–Crippen MR) is 122 cm³/mol. The van der Waals surface area contributed by atoms with Gasteiger partial charge in [0.2, 0.25) is 0 Å². The molecule has 0 bridgehead atoms. The molecule has 1 saturated heterocycles. The van der Waals surface area contributed by atoms with Crippen LogP contribution in [-0.2, 0) is 0 Å². The van der Waals surface area contributed by atoms with Gasteiger partial charge in [0.05, 0.1) is 18.2 Å². The summed E-state index contributed by atoms with van der Waals surface area (Å²) in [7, 11) is 0. The minimum Gasteiger partial charge on any atom is -0.357 e. The molecule has 0 aliphatic carbocycles. The molecule has 4 nitrogen and oxygen atoms in total. The Kier molecular flexibility index (Phi) is 4.84. The fourth-order valence-electron chi connectivity index (χ4n) is 5.25. The SMILES string of the molecule is Cc1ccc(C(=O)[C@@H]2[C@@H](c3ccccc3F)C(C#N)(C#N)[C@@H]3c4ccccc4C=CN23)cc1. The summed E-state index contributed by atoms with van der Waals surface area (Å²) in [5.74, 6) is -1.76. The monoisotopic (exact) mass is 433 g/mol. The molecule has 3 aromatic rings. The molecular weight excluding hydrogens is 413 g/mol. The van der Waals surface area contributed by atoms with Gasteiger partial charge in [-0.15, -0.1) is 0 Å². The van der Waals surface area contributed by atoms with Crippen molar-refractivity contribution in [2.75, 3.05) is 0 Å². The van der Waals surface area contributed by atoms with Crippen molar-refractivity contribution >= 4 is 11.9 Å². The molecule has 2 heterocycles. The number of hydrogen-bond donors (Lipinski definition) is 0. The highest BCUT2D eigenvalue weighted by Gasteiger charge is 2.64. The van der Waals surface area contributed by atoms with Crippen molar-refractivity contribution < 1.29 is 9.18 Å². The first kappa shape index (κ1) is 20.7. The number of rotatable bonds is 3. The summed E-state index contributed by atoms with van der Waals surface area (Å²) in [6.45, 7) is 1.93. The summed E-state index contributed by atoms with van der Waals surface area (Å²) in [5.41, 5.74) is 1.66. The van der Waals surface area contributed by atoms with Gasteiger partial charge in [-0.05, 0) is 35.8 Å². The number of aryl methyl sites for hydroxylation is 1. The zero-order valence-corrected chi connectivity index (χ0v) is 17.9. The number of halogens is 1. The quantitative estimate of drug-likeness (QED) is 0.508. The standard InChI is InChI=1S/C28H20FN3O/c1-18-10-12-20(13-11-18)26(33)25-24(22-8-4-5-9-23(22)29)28(16-30,17-31)27-21-7-3-2-6-19(21)14-15-32(25)27/h2-15,24-25,27H,1H3/t24-,25+,27+/m1/s1. The second-order valence-corrected chi connectivity index (χ2v) is 8.56. The molecule has 0 unspecified atom stereocenters. The van der Waals surface area contributed by atoms with Crippen LogP contribution in [0, 0.1) is 40.8 Å². The Balaban J connectivity index is 1.79. The van der Waals surface area contributed by atoms with E-state index in [0.29, 0.717) is 5.56 Å². The summed E-state index contributed by atoms with van der Waals surface area (Å²) in [6.07, 6.45) is 3.65. The Morgan fingerprint density at radius 2 is 1.58 bits per heavy atom. The lowest BCUT2D eigenvalue weighted by Crippen LogP contribution is -2.38. The average Bonchev–Trinajstić information content (AvgIpc) is 3.15. The third kappa shape index (κ3) is 2.97. The number of Topliss-reactive ketones (excluding diaryl/α,β-unsaturated/α-hetero) is 1. The van der Waals surface area contributed by atoms with Crippen molar-refractivity contribution in [3.05, 3.63) is 113 Å². The first-order valence-electron chi connectivity index (χ1n) is 10.7. The average molecular weight is 433 g/mol. The lowest BCUT2D eigenvalue weighted by atomic mass is 9.67. The van der Waals surface area contributed by atoms with Crippen molar-refractivity contribution in [3.63, 3.8) is 0 Å². The molecule has 0 N–H and O–H groups in total. The lowest BCUT2D eigenvalue weighted by Gasteiger charge is -2.34. The Labute approximate surface area is 191 Å². The van der Waals surface area contributed by atoms with Crippen LogP contribution < -0.4 is 0 Å². The van der Waals surface area contributed by atoms with E-state index in [-0.39, 0.29) is 11.3 Å². The van der Waals surface area contributed by atoms with E-state index in [1.807, 2.05) is 49.4 Å². The van der Waals surface area contributed by atoms with Crippen molar-refractivity contribution in [1.29, 1.82) is 10.5 Å². The number of hydrogen-bond acceptors (Lipinski definition) is 4. The van der Waals surface area contributed by atoms with Crippen LogP contribution in [0.4, 0.5) is 4.39 Å². The third-order valence-corrected chi connectivity index (χ3v) is 6.79. The summed E-state index contributed by atoms with van der Waals surface area (Å²) >= 11 is 0. The van der Waals surface area contributed by atoms with E-state index in [9.17, 15) is 15.3 Å². The Bertz CT molecular complexity index is 1350. The molecule has 3 aromatic carbocycles. The number of nitriles is 2. The molecule has 0 saturated carbocycles. The van der Waals surface area contributed by atoms with Gasteiger partial charge in [-0.2, -0.15) is 10.5 Å². The molecule has 0 amide bonds. The van der Waals surface area contributed by atoms with Crippen molar-refractivity contribution in [1.82, 2.24) is 4.90 Å². The summed E-state index contributed by atoms with van der Waals surface area (Å²) in [5, 5.41) is 20.9. The number of nitrogens with zero attached hydrogens (tertiary/aromatic N) is 3. The highest BCUT2D eigenvalue weighted by molar-refractivity contribution is 6.01. The summed E-state index contributed by atoms with van der Waals surface area (Å²) in [4.78, 5) is 15.7. The van der Waals surface area contributed by atoms with Gasteiger partial charge in [0.25, 0.3) is 0 Å². The highest BCUT2D eigenvalue weighted by Crippen LogP contribution is 2.60. The van der Waals surface area contributed by atoms with Crippen LogP contribution in [0.2, 0.25) is 0 Å². The second kappa shape index (κ2) is 7.73. The van der Waals surface area contributed by atoms with Crippen LogP contribution in [-0.4, -0.2) is 16.7 Å². The molecule has 5 rings (SSSR count). The van der Waals surface area contributed by atoms with E-state index < -0.39 is 29.2 Å². The van der Waals surface area contributed by atoms with Gasteiger partial charge in [-0.1, -0.05) is 72.3 Å². The summed E-state index contributed by atoms with van der Waals surface area (Å²) in [6, 6.07) is 23.7. The summed E-state index contributed by atoms with van der Waals surface area (Å²) < 4.78 is 15.2. The first-order chi connectivity index (χ1) is 16.0. The normalized spacial score (nSPS) is 22.1. The highest BCUT2D eigenvalue weighted by atomic mass is 19.1. The van der Waals surface area contributed by atoms with Gasteiger partial charge in [-0.25, -0.2) is 4.39 Å². The number of carbonyl (C=O) groups is 1. The largest absolute Gasteiger partial charge is 0.357 e. The fourth-order valence-corrected chi connectivity index (χ4v) is 5.25. The van der Waals surface area contributed by atoms with Gasteiger partial charge in [0.1, 0.15) is 11.9 Å². The van der Waals surface area contributed by atoms with Gasteiger partial charge >= 0.3 is 0 Å². The van der Waals surface area contributed by atoms with E-state index in [0.717, 1.165) is 16.7 Å². The zero-order valence-electron chi connectivity index (χ0n) is 17.9. The first-order valence-corrected chi connectivity index (χ1v) is 10.7. The molecule has 160 valence electrons. The molecule has 5 heteroatoms. The van der Waals surface area contributed by atoms with Crippen molar-refractivity contribution in [2.24, 2.45) is 5.41 Å². The van der Waals surface area contributed by atoms with Gasteiger partial charge in [0.15, 0.2) is 11.2 Å². The number of benzene rings is 3. The van der Waals surface area contributed by atoms with Crippen LogP contribution in [0.25, 0.3) is 6.08 Å². The van der Waals surface area contributed by atoms with Gasteiger partial charge in [-0.3, -0.25) is 4.79 Å². The van der Waals surface area contributed by atoms with Crippen LogP contribution in [0.3, 0.4) is 0 Å². The van der Waals surface area contributed by atoms with Crippen LogP contribution >= 0.6 is 0 Å².